The number of esters is 1. The highest BCUT2D eigenvalue weighted by Crippen LogP contribution is 2.36. The minimum Gasteiger partial charge on any atom is -0.457 e. The molecule has 1 N–H and O–H groups in total. The second kappa shape index (κ2) is 7.69. The van der Waals surface area contributed by atoms with Gasteiger partial charge in [-0.3, -0.25) is 4.79 Å². The maximum atomic E-state index is 12.9. The van der Waals surface area contributed by atoms with Crippen molar-refractivity contribution < 1.29 is 14.3 Å². The molecule has 0 bridgehead atoms. The number of aromatic amines is 1. The molecule has 0 radical (unpaired) electrons. The first-order valence-electron chi connectivity index (χ1n) is 10.6. The van der Waals surface area contributed by atoms with E-state index in [1.165, 1.54) is 0 Å². The van der Waals surface area contributed by atoms with E-state index in [0.717, 1.165) is 48.2 Å². The second-order valence-electron chi connectivity index (χ2n) is 8.84. The van der Waals surface area contributed by atoms with Crippen molar-refractivity contribution in [1.29, 1.82) is 0 Å². The number of benzene rings is 1. The quantitative estimate of drug-likeness (QED) is 0.767. The SMILES string of the molecule is Cc1c(C(=O)O[C@H]2CCC[C@H]2C)[nH]c2c1C(=O)C[C@@H](c1ccc(N(C)C)cc1)C2. The molecule has 29 heavy (non-hydrogen) atoms. The van der Waals surface area contributed by atoms with Crippen LogP contribution in [0.25, 0.3) is 0 Å². The predicted molar refractivity (Wildman–Crippen MR) is 114 cm³/mol. The van der Waals surface area contributed by atoms with Crippen molar-refractivity contribution in [2.45, 2.75) is 58.0 Å². The molecule has 5 heteroatoms. The van der Waals surface area contributed by atoms with Crippen LogP contribution in [0, 0.1) is 12.8 Å². The summed E-state index contributed by atoms with van der Waals surface area (Å²) in [6.45, 7) is 3.99. The molecule has 1 aromatic carbocycles. The molecule has 2 aromatic rings. The molecule has 0 unspecified atom stereocenters. The summed E-state index contributed by atoms with van der Waals surface area (Å²) in [5.74, 6) is 0.313. The van der Waals surface area contributed by atoms with Gasteiger partial charge in [0.1, 0.15) is 11.8 Å². The van der Waals surface area contributed by atoms with Crippen LogP contribution in [0.3, 0.4) is 0 Å². The first kappa shape index (κ1) is 19.7. The fourth-order valence-corrected chi connectivity index (χ4v) is 4.80. The maximum absolute atomic E-state index is 12.9. The Morgan fingerprint density at radius 3 is 2.48 bits per heavy atom. The van der Waals surface area contributed by atoms with E-state index in [4.69, 9.17) is 4.74 Å². The molecule has 2 aliphatic carbocycles. The number of ether oxygens (including phenoxy) is 1. The van der Waals surface area contributed by atoms with Gasteiger partial charge in [-0.15, -0.1) is 0 Å². The molecule has 0 amide bonds. The Morgan fingerprint density at radius 1 is 1.14 bits per heavy atom. The van der Waals surface area contributed by atoms with Crippen LogP contribution in [0.5, 0.6) is 0 Å². The molecule has 5 nitrogen and oxygen atoms in total. The van der Waals surface area contributed by atoms with E-state index in [1.807, 2.05) is 21.0 Å². The summed E-state index contributed by atoms with van der Waals surface area (Å²) in [6, 6.07) is 8.37. The summed E-state index contributed by atoms with van der Waals surface area (Å²) in [5.41, 5.74) is 5.04. The summed E-state index contributed by atoms with van der Waals surface area (Å²) in [4.78, 5) is 31.0. The fraction of sp³-hybridized carbons (Fsp3) is 0.500. The molecule has 0 spiro atoms. The van der Waals surface area contributed by atoms with Gasteiger partial charge in [0.2, 0.25) is 0 Å². The van der Waals surface area contributed by atoms with Crippen molar-refractivity contribution >= 4 is 17.4 Å². The number of Topliss-reactive ketones (excluding diaryl/α,β-unsaturated/α-hetero) is 1. The number of hydrogen-bond acceptors (Lipinski definition) is 4. The van der Waals surface area contributed by atoms with Gasteiger partial charge in [0.05, 0.1) is 0 Å². The maximum Gasteiger partial charge on any atom is 0.355 e. The molecule has 0 saturated heterocycles. The van der Waals surface area contributed by atoms with Gasteiger partial charge < -0.3 is 14.6 Å². The molecule has 1 saturated carbocycles. The number of H-pyrrole nitrogens is 1. The summed E-state index contributed by atoms with van der Waals surface area (Å²) < 4.78 is 5.76. The van der Waals surface area contributed by atoms with Gasteiger partial charge in [0.25, 0.3) is 0 Å². The Morgan fingerprint density at radius 2 is 1.86 bits per heavy atom. The summed E-state index contributed by atoms with van der Waals surface area (Å²) >= 11 is 0. The van der Waals surface area contributed by atoms with Crippen molar-refractivity contribution in [2.24, 2.45) is 5.92 Å². The van der Waals surface area contributed by atoms with Crippen molar-refractivity contribution in [2.75, 3.05) is 19.0 Å². The minimum atomic E-state index is -0.324. The number of anilines is 1. The monoisotopic (exact) mass is 394 g/mol. The van der Waals surface area contributed by atoms with E-state index in [9.17, 15) is 9.59 Å². The van der Waals surface area contributed by atoms with E-state index in [0.29, 0.717) is 23.6 Å². The fourth-order valence-electron chi connectivity index (χ4n) is 4.80. The third kappa shape index (κ3) is 3.70. The molecule has 154 valence electrons. The van der Waals surface area contributed by atoms with Crippen molar-refractivity contribution in [1.82, 2.24) is 4.98 Å². The summed E-state index contributed by atoms with van der Waals surface area (Å²) in [6.07, 6.45) is 4.33. The average molecular weight is 395 g/mol. The Labute approximate surface area is 172 Å². The molecule has 1 heterocycles. The van der Waals surface area contributed by atoms with E-state index in [-0.39, 0.29) is 23.8 Å². The van der Waals surface area contributed by atoms with Gasteiger partial charge in [0, 0.05) is 37.5 Å². The van der Waals surface area contributed by atoms with Crippen LogP contribution < -0.4 is 4.90 Å². The number of hydrogen-bond donors (Lipinski definition) is 1. The Kier molecular flexibility index (Phi) is 5.24. The highest BCUT2D eigenvalue weighted by molar-refractivity contribution is 6.03. The molecule has 2 aliphatic rings. The molecule has 1 fully saturated rings. The van der Waals surface area contributed by atoms with E-state index in [2.05, 4.69) is 41.1 Å². The smallest absolute Gasteiger partial charge is 0.355 e. The lowest BCUT2D eigenvalue weighted by Crippen LogP contribution is -2.21. The zero-order valence-electron chi connectivity index (χ0n) is 17.7. The number of aromatic nitrogens is 1. The van der Waals surface area contributed by atoms with Crippen LogP contribution in [0.1, 0.15) is 76.2 Å². The normalized spacial score (nSPS) is 23.7. The predicted octanol–water partition coefficient (Wildman–Crippen LogP) is 4.65. The van der Waals surface area contributed by atoms with Crippen LogP contribution >= 0.6 is 0 Å². The van der Waals surface area contributed by atoms with Crippen LogP contribution in [0.2, 0.25) is 0 Å². The van der Waals surface area contributed by atoms with Gasteiger partial charge >= 0.3 is 5.97 Å². The van der Waals surface area contributed by atoms with E-state index >= 15 is 0 Å². The Bertz CT molecular complexity index is 926. The van der Waals surface area contributed by atoms with Gasteiger partial charge in [0.15, 0.2) is 5.78 Å². The number of nitrogens with zero attached hydrogens (tertiary/aromatic N) is 1. The lowest BCUT2D eigenvalue weighted by molar-refractivity contribution is 0.0219. The first-order valence-corrected chi connectivity index (χ1v) is 10.6. The summed E-state index contributed by atoms with van der Waals surface area (Å²) in [5, 5.41) is 0. The molecule has 1 aromatic heterocycles. The van der Waals surface area contributed by atoms with Crippen LogP contribution in [-0.2, 0) is 11.2 Å². The first-order chi connectivity index (χ1) is 13.8. The second-order valence-corrected chi connectivity index (χ2v) is 8.84. The van der Waals surface area contributed by atoms with Crippen LogP contribution in [0.15, 0.2) is 24.3 Å². The standard InChI is InChI=1S/C24H30N2O3/c1-14-6-5-7-21(14)29-24(28)23-15(2)22-19(25-23)12-17(13-20(22)27)16-8-10-18(11-9-16)26(3)4/h8-11,14,17,21,25H,5-7,12-13H2,1-4H3/t14-,17+,21+/m1/s1. The number of ketones is 1. The molecule has 0 aliphatic heterocycles. The Hall–Kier alpha value is -2.56. The van der Waals surface area contributed by atoms with Crippen LogP contribution in [0.4, 0.5) is 5.69 Å². The summed E-state index contributed by atoms with van der Waals surface area (Å²) in [7, 11) is 4.03. The largest absolute Gasteiger partial charge is 0.457 e. The molecular weight excluding hydrogens is 364 g/mol. The number of carbonyl (C=O) groups is 2. The molecule has 3 atom stereocenters. The van der Waals surface area contributed by atoms with Crippen molar-refractivity contribution in [3.8, 4) is 0 Å². The minimum absolute atomic E-state index is 0.0131. The number of nitrogens with one attached hydrogen (secondary N) is 1. The van der Waals surface area contributed by atoms with Gasteiger partial charge in [-0.1, -0.05) is 19.1 Å². The highest BCUT2D eigenvalue weighted by Gasteiger charge is 2.34. The van der Waals surface area contributed by atoms with E-state index in [1.54, 1.807) is 0 Å². The van der Waals surface area contributed by atoms with Gasteiger partial charge in [-0.05, 0) is 67.7 Å². The molecular formula is C24H30N2O3. The van der Waals surface area contributed by atoms with Gasteiger partial charge in [-0.2, -0.15) is 0 Å². The lowest BCUT2D eigenvalue weighted by atomic mass is 9.81. The van der Waals surface area contributed by atoms with Gasteiger partial charge in [-0.25, -0.2) is 4.79 Å². The number of carbonyl (C=O) groups excluding carboxylic acids is 2. The zero-order chi connectivity index (χ0) is 20.7. The molecule has 4 rings (SSSR count). The van der Waals surface area contributed by atoms with E-state index < -0.39 is 0 Å². The third-order valence-electron chi connectivity index (χ3n) is 6.62. The lowest BCUT2D eigenvalue weighted by Gasteiger charge is -2.23. The topological polar surface area (TPSA) is 62.4 Å². The van der Waals surface area contributed by atoms with Crippen molar-refractivity contribution in [3.05, 3.63) is 52.3 Å². The average Bonchev–Trinajstić information content (AvgIpc) is 3.25. The number of rotatable bonds is 4. The van der Waals surface area contributed by atoms with Crippen LogP contribution in [-0.4, -0.2) is 36.9 Å². The number of fused-ring (bicyclic) bond motifs is 1. The zero-order valence-corrected chi connectivity index (χ0v) is 17.7. The third-order valence-corrected chi connectivity index (χ3v) is 6.62. The van der Waals surface area contributed by atoms with Crippen molar-refractivity contribution in [3.63, 3.8) is 0 Å². The Balaban J connectivity index is 1.55. The highest BCUT2D eigenvalue weighted by atomic mass is 16.5.